The molecule has 1 aromatic carbocycles. The number of sulfone groups is 1. The number of ether oxygens (including phenoxy) is 2. The second kappa shape index (κ2) is 6.66. The Morgan fingerprint density at radius 2 is 2.10 bits per heavy atom. The van der Waals surface area contributed by atoms with Crippen molar-refractivity contribution in [3.8, 4) is 11.5 Å². The van der Waals surface area contributed by atoms with Crippen LogP contribution < -0.4 is 14.8 Å². The zero-order chi connectivity index (χ0) is 15.5. The molecule has 1 saturated heterocycles. The average Bonchev–Trinajstić information content (AvgIpc) is 2.83. The van der Waals surface area contributed by atoms with E-state index in [1.807, 2.05) is 25.2 Å². The standard InChI is InChI=1S/C15H23NO4S/c1-16-14(8-11-6-7-21(17,18)10-11)13-5-4-12(19-2)9-15(13)20-3/h4-5,9,11,14,16H,6-8,10H2,1-3H3. The maximum atomic E-state index is 11.6. The molecule has 0 radical (unpaired) electrons. The summed E-state index contributed by atoms with van der Waals surface area (Å²) in [6, 6.07) is 5.80. The zero-order valence-electron chi connectivity index (χ0n) is 12.8. The fourth-order valence-corrected chi connectivity index (χ4v) is 4.78. The van der Waals surface area contributed by atoms with Crippen molar-refractivity contribution in [2.75, 3.05) is 32.8 Å². The number of benzene rings is 1. The van der Waals surface area contributed by atoms with E-state index in [-0.39, 0.29) is 12.0 Å². The zero-order valence-corrected chi connectivity index (χ0v) is 13.6. The molecule has 1 fully saturated rings. The van der Waals surface area contributed by atoms with Crippen LogP contribution in [0.1, 0.15) is 24.4 Å². The largest absolute Gasteiger partial charge is 0.497 e. The van der Waals surface area contributed by atoms with Crippen LogP contribution in [0.3, 0.4) is 0 Å². The Labute approximate surface area is 126 Å². The predicted octanol–water partition coefficient (Wildman–Crippen LogP) is 1.79. The van der Waals surface area contributed by atoms with Gasteiger partial charge in [-0.25, -0.2) is 8.42 Å². The first-order valence-electron chi connectivity index (χ1n) is 7.08. The predicted molar refractivity (Wildman–Crippen MR) is 82.7 cm³/mol. The third kappa shape index (κ3) is 3.89. The highest BCUT2D eigenvalue weighted by molar-refractivity contribution is 7.91. The van der Waals surface area contributed by atoms with E-state index in [1.165, 1.54) is 0 Å². The van der Waals surface area contributed by atoms with Crippen molar-refractivity contribution in [2.45, 2.75) is 18.9 Å². The molecule has 0 spiro atoms. The van der Waals surface area contributed by atoms with E-state index >= 15 is 0 Å². The van der Waals surface area contributed by atoms with Crippen LogP contribution in [0, 0.1) is 5.92 Å². The van der Waals surface area contributed by atoms with E-state index < -0.39 is 9.84 Å². The minimum Gasteiger partial charge on any atom is -0.497 e. The lowest BCUT2D eigenvalue weighted by Gasteiger charge is -2.22. The molecule has 0 amide bonds. The van der Waals surface area contributed by atoms with Crippen LogP contribution >= 0.6 is 0 Å². The molecule has 2 rings (SSSR count). The Bertz CT molecular complexity index is 585. The highest BCUT2D eigenvalue weighted by Gasteiger charge is 2.30. The summed E-state index contributed by atoms with van der Waals surface area (Å²) >= 11 is 0. The van der Waals surface area contributed by atoms with Crippen LogP contribution in [0.4, 0.5) is 0 Å². The lowest BCUT2D eigenvalue weighted by atomic mass is 9.93. The van der Waals surface area contributed by atoms with Crippen molar-refractivity contribution in [3.63, 3.8) is 0 Å². The lowest BCUT2D eigenvalue weighted by Crippen LogP contribution is -2.21. The maximum Gasteiger partial charge on any atom is 0.150 e. The number of rotatable bonds is 6. The van der Waals surface area contributed by atoms with Crippen molar-refractivity contribution >= 4 is 9.84 Å². The maximum absolute atomic E-state index is 11.6. The van der Waals surface area contributed by atoms with Gasteiger partial charge in [-0.2, -0.15) is 0 Å². The molecule has 6 heteroatoms. The van der Waals surface area contributed by atoms with Gasteiger partial charge in [-0.3, -0.25) is 0 Å². The highest BCUT2D eigenvalue weighted by atomic mass is 32.2. The summed E-state index contributed by atoms with van der Waals surface area (Å²) in [7, 11) is 2.30. The van der Waals surface area contributed by atoms with E-state index in [4.69, 9.17) is 9.47 Å². The van der Waals surface area contributed by atoms with Crippen LogP contribution in [0.2, 0.25) is 0 Å². The van der Waals surface area contributed by atoms with Crippen molar-refractivity contribution in [1.82, 2.24) is 5.32 Å². The highest BCUT2D eigenvalue weighted by Crippen LogP contribution is 2.34. The van der Waals surface area contributed by atoms with Gasteiger partial charge in [0.15, 0.2) is 9.84 Å². The van der Waals surface area contributed by atoms with Crippen LogP contribution in [-0.2, 0) is 9.84 Å². The smallest absolute Gasteiger partial charge is 0.150 e. The lowest BCUT2D eigenvalue weighted by molar-refractivity contribution is 0.375. The molecule has 1 N–H and O–H groups in total. The molecule has 1 aliphatic rings. The van der Waals surface area contributed by atoms with Crippen molar-refractivity contribution in [1.29, 1.82) is 0 Å². The fourth-order valence-electron chi connectivity index (χ4n) is 2.90. The summed E-state index contributed by atoms with van der Waals surface area (Å²) in [5, 5.41) is 3.27. The van der Waals surface area contributed by atoms with E-state index in [1.54, 1.807) is 14.2 Å². The quantitative estimate of drug-likeness (QED) is 0.867. The van der Waals surface area contributed by atoms with Gasteiger partial charge >= 0.3 is 0 Å². The van der Waals surface area contributed by atoms with Crippen molar-refractivity contribution in [3.05, 3.63) is 23.8 Å². The SMILES string of the molecule is CNC(CC1CCS(=O)(=O)C1)c1ccc(OC)cc1OC. The Morgan fingerprint density at radius 1 is 1.33 bits per heavy atom. The first-order chi connectivity index (χ1) is 9.99. The van der Waals surface area contributed by atoms with Crippen molar-refractivity contribution in [2.24, 2.45) is 5.92 Å². The van der Waals surface area contributed by atoms with E-state index in [9.17, 15) is 8.42 Å². The molecule has 1 aromatic rings. The van der Waals surface area contributed by atoms with Gasteiger partial charge < -0.3 is 14.8 Å². The molecule has 2 unspecified atom stereocenters. The molecule has 2 atom stereocenters. The molecule has 0 aromatic heterocycles. The van der Waals surface area contributed by atoms with Gasteiger partial charge in [0.05, 0.1) is 25.7 Å². The van der Waals surface area contributed by atoms with E-state index in [2.05, 4.69) is 5.32 Å². The van der Waals surface area contributed by atoms with Gasteiger partial charge in [-0.1, -0.05) is 6.07 Å². The fraction of sp³-hybridized carbons (Fsp3) is 0.600. The van der Waals surface area contributed by atoms with Gasteiger partial charge in [0.1, 0.15) is 11.5 Å². The van der Waals surface area contributed by atoms with E-state index in [0.717, 1.165) is 29.9 Å². The number of hydrogen-bond donors (Lipinski definition) is 1. The third-order valence-corrected chi connectivity index (χ3v) is 5.90. The molecule has 0 saturated carbocycles. The summed E-state index contributed by atoms with van der Waals surface area (Å²) < 4.78 is 33.8. The van der Waals surface area contributed by atoms with Crippen molar-refractivity contribution < 1.29 is 17.9 Å². The van der Waals surface area contributed by atoms with Gasteiger partial charge in [0.2, 0.25) is 0 Å². The molecule has 5 nitrogen and oxygen atoms in total. The van der Waals surface area contributed by atoms with Gasteiger partial charge in [0, 0.05) is 17.7 Å². The van der Waals surface area contributed by atoms with Gasteiger partial charge in [-0.15, -0.1) is 0 Å². The second-order valence-electron chi connectivity index (χ2n) is 5.45. The summed E-state index contributed by atoms with van der Waals surface area (Å²) in [6.45, 7) is 0. The van der Waals surface area contributed by atoms with Crippen LogP contribution in [0.25, 0.3) is 0 Å². The van der Waals surface area contributed by atoms with Crippen LogP contribution in [-0.4, -0.2) is 41.2 Å². The molecule has 21 heavy (non-hydrogen) atoms. The Kier molecular flexibility index (Phi) is 5.11. The Morgan fingerprint density at radius 3 is 2.62 bits per heavy atom. The first kappa shape index (κ1) is 16.1. The number of nitrogens with one attached hydrogen (secondary N) is 1. The van der Waals surface area contributed by atoms with Gasteiger partial charge in [0.25, 0.3) is 0 Å². The molecule has 0 aliphatic carbocycles. The second-order valence-corrected chi connectivity index (χ2v) is 7.68. The average molecular weight is 313 g/mol. The third-order valence-electron chi connectivity index (χ3n) is 4.06. The minimum atomic E-state index is -2.84. The Balaban J connectivity index is 2.17. The minimum absolute atomic E-state index is 0.0733. The summed E-state index contributed by atoms with van der Waals surface area (Å²) in [5.74, 6) is 2.32. The summed E-state index contributed by atoms with van der Waals surface area (Å²) in [5.41, 5.74) is 1.03. The molecule has 0 bridgehead atoms. The van der Waals surface area contributed by atoms with Crippen LogP contribution in [0.5, 0.6) is 11.5 Å². The summed E-state index contributed by atoms with van der Waals surface area (Å²) in [6.07, 6.45) is 1.54. The monoisotopic (exact) mass is 313 g/mol. The topological polar surface area (TPSA) is 64.6 Å². The van der Waals surface area contributed by atoms with E-state index in [0.29, 0.717) is 11.5 Å². The van der Waals surface area contributed by atoms with Crippen LogP contribution in [0.15, 0.2) is 18.2 Å². The molecule has 1 heterocycles. The molecule has 1 aliphatic heterocycles. The summed E-state index contributed by atoms with van der Waals surface area (Å²) in [4.78, 5) is 0. The number of methoxy groups -OCH3 is 2. The first-order valence-corrected chi connectivity index (χ1v) is 8.91. The molecule has 118 valence electrons. The van der Waals surface area contributed by atoms with Gasteiger partial charge in [-0.05, 0) is 31.9 Å². The molecular formula is C15H23NO4S. The molecular weight excluding hydrogens is 290 g/mol. The Hall–Kier alpha value is -1.27. The normalized spacial score (nSPS) is 22.0. The number of hydrogen-bond acceptors (Lipinski definition) is 5.